The third-order valence-electron chi connectivity index (χ3n) is 4.65. The van der Waals surface area contributed by atoms with E-state index in [9.17, 15) is 0 Å². The van der Waals surface area contributed by atoms with Crippen LogP contribution in [-0.2, 0) is 6.42 Å². The molecule has 0 amide bonds. The second-order valence-electron chi connectivity index (χ2n) is 6.12. The Kier molecular flexibility index (Phi) is 3.79. The maximum Gasteiger partial charge on any atom is 0.177 e. The van der Waals surface area contributed by atoms with E-state index in [1.807, 2.05) is 16.6 Å². The highest BCUT2D eigenvalue weighted by molar-refractivity contribution is 5.60. The first-order valence-corrected chi connectivity index (χ1v) is 8.37. The molecular weight excluding hydrogens is 286 g/mol. The molecule has 0 spiro atoms. The van der Waals surface area contributed by atoms with E-state index in [2.05, 4.69) is 46.7 Å². The summed E-state index contributed by atoms with van der Waals surface area (Å²) in [5.41, 5.74) is 4.27. The molecule has 0 aliphatic carbocycles. The van der Waals surface area contributed by atoms with Crippen molar-refractivity contribution >= 4 is 5.65 Å². The van der Waals surface area contributed by atoms with Crippen molar-refractivity contribution in [3.63, 3.8) is 0 Å². The Bertz CT molecular complexity index is 800. The number of nitrogens with one attached hydrogen (secondary N) is 1. The van der Waals surface area contributed by atoms with E-state index in [1.54, 1.807) is 0 Å². The van der Waals surface area contributed by atoms with Crippen LogP contribution in [0.1, 0.15) is 37.1 Å². The molecule has 1 saturated heterocycles. The van der Waals surface area contributed by atoms with Gasteiger partial charge in [0.05, 0.1) is 5.69 Å². The molecule has 0 bridgehead atoms. The van der Waals surface area contributed by atoms with Gasteiger partial charge in [0.1, 0.15) is 0 Å². The van der Waals surface area contributed by atoms with Crippen LogP contribution in [0.4, 0.5) is 0 Å². The van der Waals surface area contributed by atoms with Crippen LogP contribution in [-0.4, -0.2) is 32.9 Å². The van der Waals surface area contributed by atoms with Crippen molar-refractivity contribution < 1.29 is 0 Å². The third kappa shape index (κ3) is 2.72. The van der Waals surface area contributed by atoms with Gasteiger partial charge in [0, 0.05) is 11.5 Å². The fourth-order valence-corrected chi connectivity index (χ4v) is 3.21. The van der Waals surface area contributed by atoms with Gasteiger partial charge in [-0.2, -0.15) is 9.61 Å². The summed E-state index contributed by atoms with van der Waals surface area (Å²) in [6.07, 6.45) is 3.24. The van der Waals surface area contributed by atoms with Crippen LogP contribution in [0.5, 0.6) is 0 Å². The molecule has 2 aromatic heterocycles. The van der Waals surface area contributed by atoms with Crippen molar-refractivity contribution in [2.75, 3.05) is 13.1 Å². The van der Waals surface area contributed by atoms with Crippen molar-refractivity contribution in [2.45, 2.75) is 32.1 Å². The lowest BCUT2D eigenvalue weighted by Gasteiger charge is -2.20. The fraction of sp³-hybridized carbons (Fsp3) is 0.389. The molecular formula is C18H21N5. The monoisotopic (exact) mass is 307 g/mol. The number of hydrogen-bond acceptors (Lipinski definition) is 4. The van der Waals surface area contributed by atoms with Crippen LogP contribution in [0.2, 0.25) is 0 Å². The summed E-state index contributed by atoms with van der Waals surface area (Å²) in [4.78, 5) is 0. The second-order valence-corrected chi connectivity index (χ2v) is 6.12. The van der Waals surface area contributed by atoms with Crippen LogP contribution in [0.3, 0.4) is 0 Å². The van der Waals surface area contributed by atoms with Gasteiger partial charge in [-0.3, -0.25) is 0 Å². The van der Waals surface area contributed by atoms with Gasteiger partial charge in [-0.05, 0) is 50.0 Å². The van der Waals surface area contributed by atoms with Gasteiger partial charge < -0.3 is 5.32 Å². The van der Waals surface area contributed by atoms with E-state index in [4.69, 9.17) is 5.10 Å². The molecule has 5 nitrogen and oxygen atoms in total. The molecule has 5 heteroatoms. The van der Waals surface area contributed by atoms with E-state index < -0.39 is 0 Å². The number of piperidine rings is 1. The summed E-state index contributed by atoms with van der Waals surface area (Å²) in [6.45, 7) is 4.25. The van der Waals surface area contributed by atoms with Crippen molar-refractivity contribution in [1.82, 2.24) is 25.1 Å². The maximum atomic E-state index is 4.81. The molecule has 0 atom stereocenters. The smallest absolute Gasteiger partial charge is 0.177 e. The van der Waals surface area contributed by atoms with Gasteiger partial charge in [-0.15, -0.1) is 10.2 Å². The molecule has 0 saturated carbocycles. The van der Waals surface area contributed by atoms with Crippen molar-refractivity contribution in [1.29, 1.82) is 0 Å². The lowest BCUT2D eigenvalue weighted by atomic mass is 9.97. The molecule has 23 heavy (non-hydrogen) atoms. The Labute approximate surface area is 135 Å². The van der Waals surface area contributed by atoms with E-state index in [-0.39, 0.29) is 0 Å². The van der Waals surface area contributed by atoms with Gasteiger partial charge in [-0.1, -0.05) is 31.2 Å². The van der Waals surface area contributed by atoms with Gasteiger partial charge in [0.15, 0.2) is 11.5 Å². The van der Waals surface area contributed by atoms with Crippen molar-refractivity contribution in [3.05, 3.63) is 47.8 Å². The first-order valence-electron chi connectivity index (χ1n) is 8.37. The highest BCUT2D eigenvalue weighted by atomic mass is 15.4. The number of hydrogen-bond donors (Lipinski definition) is 1. The van der Waals surface area contributed by atoms with Crippen LogP contribution in [0.15, 0.2) is 36.4 Å². The van der Waals surface area contributed by atoms with E-state index in [1.165, 1.54) is 5.56 Å². The molecule has 3 heterocycles. The van der Waals surface area contributed by atoms with Crippen molar-refractivity contribution in [2.24, 2.45) is 0 Å². The Hall–Kier alpha value is -2.27. The Morgan fingerprint density at radius 1 is 1.04 bits per heavy atom. The van der Waals surface area contributed by atoms with Crippen molar-refractivity contribution in [3.8, 4) is 11.3 Å². The molecule has 0 unspecified atom stereocenters. The molecule has 1 aliphatic rings. The fourth-order valence-electron chi connectivity index (χ4n) is 3.21. The summed E-state index contributed by atoms with van der Waals surface area (Å²) >= 11 is 0. The Morgan fingerprint density at radius 2 is 1.83 bits per heavy atom. The standard InChI is InChI=1S/C18H21N5/c1-2-13-3-5-14(6-4-13)16-7-8-17-20-21-18(23(17)22-16)15-9-11-19-12-10-15/h3-8,15,19H,2,9-12H2,1H3. The predicted octanol–water partition coefficient (Wildman–Crippen LogP) is 2.82. The zero-order valence-electron chi connectivity index (χ0n) is 13.4. The third-order valence-corrected chi connectivity index (χ3v) is 4.65. The molecule has 3 aromatic rings. The average Bonchev–Trinajstić information content (AvgIpc) is 3.05. The second kappa shape index (κ2) is 6.08. The topological polar surface area (TPSA) is 55.1 Å². The van der Waals surface area contributed by atoms with Crippen LogP contribution >= 0.6 is 0 Å². The van der Waals surface area contributed by atoms with Gasteiger partial charge in [0.2, 0.25) is 0 Å². The number of fused-ring (bicyclic) bond motifs is 1. The van der Waals surface area contributed by atoms with E-state index >= 15 is 0 Å². The Morgan fingerprint density at radius 3 is 2.57 bits per heavy atom. The molecule has 0 radical (unpaired) electrons. The van der Waals surface area contributed by atoms with E-state index in [0.717, 1.165) is 55.1 Å². The molecule has 4 rings (SSSR count). The lowest BCUT2D eigenvalue weighted by Crippen LogP contribution is -2.27. The first kappa shape index (κ1) is 14.3. The van der Waals surface area contributed by atoms with Crippen LogP contribution in [0, 0.1) is 0 Å². The summed E-state index contributed by atoms with van der Waals surface area (Å²) in [6, 6.07) is 12.6. The SMILES string of the molecule is CCc1ccc(-c2ccc3nnc(C4CCNCC4)n3n2)cc1. The largest absolute Gasteiger partial charge is 0.317 e. The molecule has 1 aromatic carbocycles. The van der Waals surface area contributed by atoms with Gasteiger partial charge >= 0.3 is 0 Å². The Balaban J connectivity index is 1.73. The van der Waals surface area contributed by atoms with Gasteiger partial charge in [0.25, 0.3) is 0 Å². The highest BCUT2D eigenvalue weighted by Gasteiger charge is 2.21. The van der Waals surface area contributed by atoms with Crippen LogP contribution < -0.4 is 5.32 Å². The number of nitrogens with zero attached hydrogens (tertiary/aromatic N) is 4. The predicted molar refractivity (Wildman–Crippen MR) is 90.4 cm³/mol. The quantitative estimate of drug-likeness (QED) is 0.808. The molecule has 118 valence electrons. The summed E-state index contributed by atoms with van der Waals surface area (Å²) < 4.78 is 1.93. The summed E-state index contributed by atoms with van der Waals surface area (Å²) in [5.74, 6) is 1.44. The zero-order valence-corrected chi connectivity index (χ0v) is 13.4. The maximum absolute atomic E-state index is 4.81. The zero-order chi connectivity index (χ0) is 15.6. The number of aryl methyl sites for hydroxylation is 1. The van der Waals surface area contributed by atoms with E-state index in [0.29, 0.717) is 5.92 Å². The number of rotatable bonds is 3. The minimum atomic E-state index is 0.441. The number of aromatic nitrogens is 4. The summed E-state index contributed by atoms with van der Waals surface area (Å²) in [7, 11) is 0. The minimum absolute atomic E-state index is 0.441. The van der Waals surface area contributed by atoms with Gasteiger partial charge in [-0.25, -0.2) is 0 Å². The molecule has 1 aliphatic heterocycles. The van der Waals surface area contributed by atoms with Crippen LogP contribution in [0.25, 0.3) is 16.9 Å². The minimum Gasteiger partial charge on any atom is -0.317 e. The molecule has 1 fully saturated rings. The lowest BCUT2D eigenvalue weighted by molar-refractivity contribution is 0.439. The summed E-state index contributed by atoms with van der Waals surface area (Å²) in [5, 5.41) is 16.9. The number of benzene rings is 1. The average molecular weight is 307 g/mol. The molecule has 1 N–H and O–H groups in total. The first-order chi connectivity index (χ1) is 11.3. The highest BCUT2D eigenvalue weighted by Crippen LogP contribution is 2.25. The normalized spacial score (nSPS) is 16.0.